The van der Waals surface area contributed by atoms with Crippen LogP contribution < -0.4 is 30.0 Å². The second-order valence-electron chi connectivity index (χ2n) is 7.43. The van der Waals surface area contributed by atoms with Crippen LogP contribution in [0.5, 0.6) is 23.0 Å². The smallest absolute Gasteiger partial charge is 0.303 e. The number of ether oxygens (including phenoxy) is 4. The third kappa shape index (κ3) is 5.81. The van der Waals surface area contributed by atoms with Gasteiger partial charge in [-0.15, -0.1) is 0 Å². The van der Waals surface area contributed by atoms with Crippen LogP contribution in [0.1, 0.15) is 12.8 Å². The minimum absolute atomic E-state index is 0.0168. The highest BCUT2D eigenvalue weighted by atomic mass is 32.1. The van der Waals surface area contributed by atoms with Gasteiger partial charge in [-0.3, -0.25) is 9.59 Å². The van der Waals surface area contributed by atoms with Crippen molar-refractivity contribution in [3.05, 3.63) is 35.7 Å². The third-order valence-electron chi connectivity index (χ3n) is 5.28. The van der Waals surface area contributed by atoms with Crippen LogP contribution in [0.15, 0.2) is 35.7 Å². The monoisotopic (exact) mass is 501 g/mol. The number of benzene rings is 2. The Morgan fingerprint density at radius 1 is 1.00 bits per heavy atom. The zero-order valence-corrected chi connectivity index (χ0v) is 20.6. The van der Waals surface area contributed by atoms with Crippen LogP contribution in [0.25, 0.3) is 22.4 Å². The Bertz CT molecular complexity index is 1190. The van der Waals surface area contributed by atoms with Gasteiger partial charge in [0.1, 0.15) is 5.75 Å². The summed E-state index contributed by atoms with van der Waals surface area (Å²) in [6.45, 7) is 0. The van der Waals surface area contributed by atoms with Crippen molar-refractivity contribution in [2.24, 2.45) is 5.73 Å². The topological polar surface area (TPSA) is 142 Å². The van der Waals surface area contributed by atoms with Gasteiger partial charge in [0.25, 0.3) is 0 Å². The number of nitrogens with two attached hydrogens (primary N) is 1. The van der Waals surface area contributed by atoms with E-state index in [1.807, 2.05) is 23.6 Å². The highest BCUT2D eigenvalue weighted by Crippen LogP contribution is 2.44. The van der Waals surface area contributed by atoms with Crippen molar-refractivity contribution in [2.45, 2.75) is 18.9 Å². The molecule has 2 aromatic carbocycles. The lowest BCUT2D eigenvalue weighted by molar-refractivity contribution is -0.137. The summed E-state index contributed by atoms with van der Waals surface area (Å²) >= 11 is 1.28. The lowest BCUT2D eigenvalue weighted by Crippen LogP contribution is -2.36. The summed E-state index contributed by atoms with van der Waals surface area (Å²) in [5.74, 6) is 0.388. The first-order valence-corrected chi connectivity index (χ1v) is 11.4. The van der Waals surface area contributed by atoms with Crippen LogP contribution in [0.3, 0.4) is 0 Å². The number of nitrogens with one attached hydrogen (secondary N) is 1. The molecule has 0 saturated carbocycles. The summed E-state index contributed by atoms with van der Waals surface area (Å²) in [4.78, 5) is 23.3. The number of carbonyl (C=O) groups excluding carboxylic acids is 1. The molecule has 0 bridgehead atoms. The second kappa shape index (κ2) is 11.5. The maximum atomic E-state index is 12.5. The van der Waals surface area contributed by atoms with Crippen LogP contribution in [-0.2, 0) is 9.59 Å². The van der Waals surface area contributed by atoms with E-state index in [4.69, 9.17) is 29.8 Å². The van der Waals surface area contributed by atoms with Crippen LogP contribution in [0.4, 0.5) is 5.69 Å². The highest BCUT2D eigenvalue weighted by molar-refractivity contribution is 7.04. The largest absolute Gasteiger partial charge is 0.495 e. The van der Waals surface area contributed by atoms with Crippen LogP contribution in [0.2, 0.25) is 0 Å². The van der Waals surface area contributed by atoms with Gasteiger partial charge in [-0.05, 0) is 47.8 Å². The third-order valence-corrected chi connectivity index (χ3v) is 5.91. The van der Waals surface area contributed by atoms with Gasteiger partial charge in [-0.2, -0.15) is 4.37 Å². The van der Waals surface area contributed by atoms with E-state index in [2.05, 4.69) is 9.69 Å². The number of hydrogen-bond acceptors (Lipinski definition) is 9. The minimum atomic E-state index is -1.02. The lowest BCUT2D eigenvalue weighted by atomic mass is 10.0. The number of amides is 1. The average molecular weight is 502 g/mol. The molecule has 0 radical (unpaired) electrons. The minimum Gasteiger partial charge on any atom is -0.495 e. The van der Waals surface area contributed by atoms with Crippen molar-refractivity contribution >= 4 is 29.1 Å². The Hall–Kier alpha value is -3.83. The van der Waals surface area contributed by atoms with Crippen molar-refractivity contribution in [3.8, 4) is 45.4 Å². The van der Waals surface area contributed by atoms with E-state index >= 15 is 0 Å². The fourth-order valence-electron chi connectivity index (χ4n) is 3.48. The molecule has 10 nitrogen and oxygen atoms in total. The van der Waals surface area contributed by atoms with Crippen molar-refractivity contribution in [1.29, 1.82) is 0 Å². The van der Waals surface area contributed by atoms with Crippen molar-refractivity contribution in [2.75, 3.05) is 33.8 Å². The van der Waals surface area contributed by atoms with Gasteiger partial charge in [0.15, 0.2) is 11.5 Å². The quantitative estimate of drug-likeness (QED) is 0.359. The van der Waals surface area contributed by atoms with E-state index in [1.165, 1.54) is 25.8 Å². The summed E-state index contributed by atoms with van der Waals surface area (Å²) in [7, 11) is 6.11. The molecule has 1 atom stereocenters. The molecular formula is C24H27N3O7S. The molecule has 1 amide bonds. The second-order valence-corrected chi connectivity index (χ2v) is 8.06. The zero-order valence-electron chi connectivity index (χ0n) is 19.8. The molecule has 0 aliphatic rings. The molecule has 4 N–H and O–H groups in total. The number of methoxy groups -OCH3 is 4. The number of anilines is 1. The van der Waals surface area contributed by atoms with E-state index in [0.717, 1.165) is 16.7 Å². The van der Waals surface area contributed by atoms with Crippen LogP contribution in [0, 0.1) is 0 Å². The maximum Gasteiger partial charge on any atom is 0.303 e. The molecule has 35 heavy (non-hydrogen) atoms. The number of carbonyl (C=O) groups is 2. The molecule has 186 valence electrons. The maximum absolute atomic E-state index is 12.5. The predicted octanol–water partition coefficient (Wildman–Crippen LogP) is 3.64. The molecule has 1 aromatic heterocycles. The molecule has 0 aliphatic carbocycles. The van der Waals surface area contributed by atoms with Crippen LogP contribution >= 0.6 is 11.5 Å². The fourth-order valence-corrected chi connectivity index (χ4v) is 4.19. The Morgan fingerprint density at radius 3 is 2.23 bits per heavy atom. The van der Waals surface area contributed by atoms with Gasteiger partial charge in [-0.25, -0.2) is 0 Å². The van der Waals surface area contributed by atoms with Gasteiger partial charge in [0.05, 0.1) is 45.9 Å². The highest BCUT2D eigenvalue weighted by Gasteiger charge is 2.20. The predicted molar refractivity (Wildman–Crippen MR) is 133 cm³/mol. The first-order valence-electron chi connectivity index (χ1n) is 10.5. The number of carboxylic acid groups (broad SMARTS) is 1. The molecule has 3 aromatic rings. The molecule has 1 unspecified atom stereocenters. The zero-order chi connectivity index (χ0) is 25.5. The SMILES string of the molecule is COc1ccc(-c2csnc2-c2cc(OC)c(OC)c(OC)c2)cc1NC(=O)C(N)CCC(=O)O. The van der Waals surface area contributed by atoms with Crippen molar-refractivity contribution < 1.29 is 33.6 Å². The van der Waals surface area contributed by atoms with Gasteiger partial charge >= 0.3 is 5.97 Å². The number of rotatable bonds is 11. The Kier molecular flexibility index (Phi) is 8.50. The Morgan fingerprint density at radius 2 is 1.66 bits per heavy atom. The van der Waals surface area contributed by atoms with Gasteiger partial charge in [0.2, 0.25) is 11.7 Å². The standard InChI is InChI=1S/C24H27N3O7S/c1-31-18-7-5-13(9-17(18)26-24(30)16(25)6-8-21(28)29)15-12-35-27-22(15)14-10-19(32-2)23(34-4)20(11-14)33-3/h5,7,9-12,16H,6,8,25H2,1-4H3,(H,26,30)(H,28,29). The van der Waals surface area contributed by atoms with Crippen molar-refractivity contribution in [3.63, 3.8) is 0 Å². The number of carboxylic acids is 1. The Labute approximate surface area is 206 Å². The van der Waals surface area contributed by atoms with Gasteiger partial charge in [0, 0.05) is 22.9 Å². The number of aliphatic carboxylic acids is 1. The first kappa shape index (κ1) is 25.8. The number of hydrogen-bond donors (Lipinski definition) is 3. The Balaban J connectivity index is 1.98. The summed E-state index contributed by atoms with van der Waals surface area (Å²) in [6, 6.07) is 7.98. The molecule has 1 heterocycles. The molecule has 3 rings (SSSR count). The van der Waals surface area contributed by atoms with E-state index in [0.29, 0.717) is 34.4 Å². The molecule has 0 aliphatic heterocycles. The fraction of sp³-hybridized carbons (Fsp3) is 0.292. The number of nitrogens with zero attached hydrogens (tertiary/aromatic N) is 1. The van der Waals surface area contributed by atoms with Crippen molar-refractivity contribution in [1.82, 2.24) is 4.37 Å². The molecular weight excluding hydrogens is 474 g/mol. The average Bonchev–Trinajstić information content (AvgIpc) is 3.36. The van der Waals surface area contributed by atoms with Gasteiger partial charge in [-0.1, -0.05) is 6.07 Å². The summed E-state index contributed by atoms with van der Waals surface area (Å²) in [5, 5.41) is 13.5. The summed E-state index contributed by atoms with van der Waals surface area (Å²) < 4.78 is 26.3. The normalized spacial score (nSPS) is 11.5. The molecule has 0 spiro atoms. The van der Waals surface area contributed by atoms with E-state index in [-0.39, 0.29) is 12.8 Å². The van der Waals surface area contributed by atoms with Crippen LogP contribution in [-0.4, -0.2) is 55.8 Å². The van der Waals surface area contributed by atoms with E-state index in [1.54, 1.807) is 26.4 Å². The molecule has 0 saturated heterocycles. The molecule has 11 heteroatoms. The van der Waals surface area contributed by atoms with Gasteiger partial charge < -0.3 is 35.1 Å². The summed E-state index contributed by atoms with van der Waals surface area (Å²) in [5.41, 5.74) is 9.30. The van der Waals surface area contributed by atoms with E-state index < -0.39 is 17.9 Å². The first-order chi connectivity index (χ1) is 16.8. The summed E-state index contributed by atoms with van der Waals surface area (Å²) in [6.07, 6.45) is -0.187. The number of aromatic nitrogens is 1. The molecule has 0 fully saturated rings. The lowest BCUT2D eigenvalue weighted by Gasteiger charge is -2.16. The van der Waals surface area contributed by atoms with E-state index in [9.17, 15) is 9.59 Å².